The largest absolute Gasteiger partial charge is 0.667 e. The van der Waals surface area contributed by atoms with Crippen molar-refractivity contribution in [1.82, 2.24) is 15.1 Å². The number of aliphatic hydroxyl groups is 1. The van der Waals surface area contributed by atoms with Crippen molar-refractivity contribution in [3.63, 3.8) is 0 Å². The predicted molar refractivity (Wildman–Crippen MR) is 200 cm³/mol. The van der Waals surface area contributed by atoms with Gasteiger partial charge in [-0.3, -0.25) is 14.4 Å². The Morgan fingerprint density at radius 2 is 1.72 bits per heavy atom. The minimum Gasteiger partial charge on any atom is -0.667 e. The number of Topliss-reactive ketones (excluding diaryl/α,β-unsaturated/α-hetero) is 1. The fourth-order valence-electron chi connectivity index (χ4n) is 6.30. The number of esters is 1. The molecule has 1 saturated heterocycles. The third-order valence-electron chi connectivity index (χ3n) is 9.85. The van der Waals surface area contributed by atoms with Gasteiger partial charge in [0.15, 0.2) is 0 Å². The van der Waals surface area contributed by atoms with Crippen LogP contribution in [-0.4, -0.2) is 107 Å². The summed E-state index contributed by atoms with van der Waals surface area (Å²) in [7, 11) is 3.03. The minimum atomic E-state index is -1.33. The van der Waals surface area contributed by atoms with Gasteiger partial charge in [-0.05, 0) is 49.3 Å². The number of ether oxygens (including phenoxy) is 2. The summed E-state index contributed by atoms with van der Waals surface area (Å²) in [5, 5.41) is 13.8. The molecule has 1 aliphatic heterocycles. The number of carbonyl (C=O) groups is 5. The number of aliphatic hydroxyl groups excluding tert-OH is 1. The van der Waals surface area contributed by atoms with Crippen molar-refractivity contribution < 1.29 is 71.3 Å². The molecular weight excluding hydrogens is 755 g/mol. The summed E-state index contributed by atoms with van der Waals surface area (Å²) in [6.45, 7) is 13.4. The van der Waals surface area contributed by atoms with Crippen molar-refractivity contribution in [2.45, 2.75) is 136 Å². The third kappa shape index (κ3) is 15.0. The fourth-order valence-corrected chi connectivity index (χ4v) is 6.30. The maximum Gasteiger partial charge on any atom is 0.329 e. The number of nitrogens with zero attached hydrogens (tertiary/aromatic N) is 2. The normalized spacial score (nSPS) is 18.2. The molecule has 1 fully saturated rings. The zero-order valence-corrected chi connectivity index (χ0v) is 36.0. The van der Waals surface area contributed by atoms with E-state index in [0.717, 1.165) is 0 Å². The Labute approximate surface area is 341 Å². The van der Waals surface area contributed by atoms with Gasteiger partial charge in [-0.1, -0.05) is 72.6 Å². The van der Waals surface area contributed by atoms with E-state index in [1.807, 2.05) is 48.0 Å². The molecule has 0 bridgehead atoms. The van der Waals surface area contributed by atoms with E-state index >= 15 is 0 Å². The molecule has 297 valence electrons. The summed E-state index contributed by atoms with van der Waals surface area (Å²) in [6.07, 6.45) is 1.75. The maximum absolute atomic E-state index is 14.0. The van der Waals surface area contributed by atoms with Gasteiger partial charge < -0.3 is 52.4 Å². The number of benzene rings is 1. The van der Waals surface area contributed by atoms with Crippen molar-refractivity contribution >= 4 is 29.5 Å². The molecule has 3 amide bonds. The second-order valence-corrected chi connectivity index (χ2v) is 15.0. The summed E-state index contributed by atoms with van der Waals surface area (Å²) < 4.78 is 11.0. The molecule has 0 aliphatic carbocycles. The number of hydrogen-bond donors (Lipinski definition) is 3. The molecule has 1 heterocycles. The zero-order valence-electron chi connectivity index (χ0n) is 33.2. The molecule has 8 atom stereocenters. The minimum absolute atomic E-state index is 0. The molecular formula is C39H63N5O8Y-2. The van der Waals surface area contributed by atoms with Gasteiger partial charge in [0, 0.05) is 59.1 Å². The first-order valence-electron chi connectivity index (χ1n) is 18.6. The Balaban J connectivity index is 0.0000140. The SMILES string of the molecule is CC[C@H](C)[C@@H](NC(=O)[C@@H](N)[C@@H](C)OC(=O)[C@H](Cc1ccc(OC)cc1)N(C)C(=O)[C@@H]1CCCN1C(=O)[C@@H]([NH-])CC(C)C)[C@@H](O)CC(=O)C[CH-]C(C)C.[Y]. The van der Waals surface area contributed by atoms with E-state index in [2.05, 4.69) is 5.32 Å². The topological polar surface area (TPSA) is 192 Å². The van der Waals surface area contributed by atoms with Crippen LogP contribution in [0.15, 0.2) is 24.3 Å². The molecule has 2 rings (SSSR count). The van der Waals surface area contributed by atoms with Crippen LogP contribution < -0.4 is 15.8 Å². The van der Waals surface area contributed by atoms with E-state index in [4.69, 9.17) is 20.9 Å². The van der Waals surface area contributed by atoms with Crippen molar-refractivity contribution in [1.29, 1.82) is 0 Å². The molecule has 0 aromatic heterocycles. The van der Waals surface area contributed by atoms with Crippen LogP contribution in [0.3, 0.4) is 0 Å². The van der Waals surface area contributed by atoms with E-state index < -0.39 is 66.1 Å². The molecule has 1 radical (unpaired) electrons. The molecule has 53 heavy (non-hydrogen) atoms. The average molecular weight is 819 g/mol. The van der Waals surface area contributed by atoms with Crippen LogP contribution in [0.2, 0.25) is 0 Å². The Morgan fingerprint density at radius 1 is 1.09 bits per heavy atom. The van der Waals surface area contributed by atoms with Gasteiger partial charge in [-0.2, -0.15) is 5.92 Å². The molecule has 14 heteroatoms. The smallest absolute Gasteiger partial charge is 0.329 e. The van der Waals surface area contributed by atoms with Gasteiger partial charge in [-0.25, -0.2) is 4.79 Å². The van der Waals surface area contributed by atoms with Gasteiger partial charge in [-0.15, -0.1) is 6.42 Å². The first-order valence-corrected chi connectivity index (χ1v) is 18.6. The summed E-state index contributed by atoms with van der Waals surface area (Å²) in [5.74, 6) is -1.65. The van der Waals surface area contributed by atoms with Crippen LogP contribution in [0, 0.1) is 24.2 Å². The molecule has 13 nitrogen and oxygen atoms in total. The van der Waals surface area contributed by atoms with Crippen LogP contribution in [0.1, 0.15) is 92.6 Å². The molecule has 0 unspecified atom stereocenters. The summed E-state index contributed by atoms with van der Waals surface area (Å²) >= 11 is 0. The number of likely N-dealkylation sites (N-methyl/N-ethyl adjacent to an activating group) is 1. The Hall–Kier alpha value is -2.45. The van der Waals surface area contributed by atoms with Crippen LogP contribution in [-0.2, 0) is 67.8 Å². The quantitative estimate of drug-likeness (QED) is 0.122. The average Bonchev–Trinajstić information content (AvgIpc) is 3.60. The van der Waals surface area contributed by atoms with Gasteiger partial charge in [0.05, 0.1) is 19.3 Å². The number of nitrogens with two attached hydrogens (primary N) is 1. The number of nitrogens with one attached hydrogen (secondary N) is 2. The van der Waals surface area contributed by atoms with Gasteiger partial charge in [0.2, 0.25) is 17.7 Å². The van der Waals surface area contributed by atoms with E-state index in [1.165, 1.54) is 30.9 Å². The monoisotopic (exact) mass is 818 g/mol. The maximum atomic E-state index is 14.0. The van der Waals surface area contributed by atoms with Crippen LogP contribution in [0.5, 0.6) is 5.75 Å². The van der Waals surface area contributed by atoms with Crippen molar-refractivity contribution in [3.05, 3.63) is 42.0 Å². The number of ketones is 1. The Kier molecular flexibility index (Phi) is 21.5. The number of methoxy groups -OCH3 is 1. The second-order valence-electron chi connectivity index (χ2n) is 15.0. The third-order valence-corrected chi connectivity index (χ3v) is 9.85. The summed E-state index contributed by atoms with van der Waals surface area (Å²) in [5.41, 5.74) is 15.4. The summed E-state index contributed by atoms with van der Waals surface area (Å²) in [4.78, 5) is 69.8. The Bertz CT molecular complexity index is 1330. The molecule has 5 N–H and O–H groups in total. The van der Waals surface area contributed by atoms with E-state index in [-0.39, 0.29) is 75.5 Å². The molecule has 1 aromatic carbocycles. The van der Waals surface area contributed by atoms with E-state index in [9.17, 15) is 29.1 Å². The molecule has 0 saturated carbocycles. The number of rotatable bonds is 21. The zero-order chi connectivity index (χ0) is 39.3. The first-order chi connectivity index (χ1) is 24.4. The first kappa shape index (κ1) is 48.6. The predicted octanol–water partition coefficient (Wildman–Crippen LogP) is 3.88. The van der Waals surface area contributed by atoms with Gasteiger partial charge in [0.25, 0.3) is 0 Å². The van der Waals surface area contributed by atoms with Crippen molar-refractivity contribution in [2.24, 2.45) is 23.5 Å². The number of likely N-dealkylation sites (tertiary alicyclic amines) is 1. The van der Waals surface area contributed by atoms with E-state index in [1.54, 1.807) is 24.3 Å². The van der Waals surface area contributed by atoms with E-state index in [0.29, 0.717) is 43.5 Å². The second kappa shape index (κ2) is 23.5. The van der Waals surface area contributed by atoms with Crippen molar-refractivity contribution in [2.75, 3.05) is 20.7 Å². The van der Waals surface area contributed by atoms with Crippen molar-refractivity contribution in [3.8, 4) is 5.75 Å². The number of hydrogen-bond acceptors (Lipinski definition) is 9. The fraction of sp³-hybridized carbons (Fsp3) is 0.692. The van der Waals surface area contributed by atoms with Gasteiger partial charge >= 0.3 is 5.97 Å². The molecule has 1 aliphatic rings. The summed E-state index contributed by atoms with van der Waals surface area (Å²) in [6, 6.07) is 1.98. The number of carbonyl (C=O) groups excluding carboxylic acids is 5. The van der Waals surface area contributed by atoms with Crippen LogP contribution >= 0.6 is 0 Å². The molecule has 1 aromatic rings. The van der Waals surface area contributed by atoms with Crippen LogP contribution in [0.4, 0.5) is 0 Å². The van der Waals surface area contributed by atoms with Crippen LogP contribution in [0.25, 0.3) is 5.73 Å². The van der Waals surface area contributed by atoms with Gasteiger partial charge in [0.1, 0.15) is 35.8 Å². The molecule has 0 spiro atoms. The number of amides is 3. The Morgan fingerprint density at radius 3 is 2.26 bits per heavy atom. The standard InChI is InChI=1S/C39H63N5O8.Y/c1-10-25(6)35(33(46)22-28(45)16-13-23(2)3)42-36(47)34(41)26(7)52-39(50)32(21-27-14-17-29(51-9)18-15-27)43(8)38(49)31-12-11-19-44(31)37(48)30(40)20-24(4)5;/h13-15,17-18,23-26,30-35,40,46H,10-12,16,19-22,41H2,1-9H3,(H,42,47);/q-2;/t25-,26+,30-,31-,32-,33-,34-,35+;/m0./s1.